The average Bonchev–Trinajstić information content (AvgIpc) is 2.44. The Morgan fingerprint density at radius 2 is 1.75 bits per heavy atom. The van der Waals surface area contributed by atoms with Crippen molar-refractivity contribution in [2.24, 2.45) is 0 Å². The van der Waals surface area contributed by atoms with Crippen LogP contribution >= 0.6 is 0 Å². The highest BCUT2D eigenvalue weighted by Crippen LogP contribution is 2.24. The third-order valence-electron chi connectivity index (χ3n) is 3.31. The number of fused-ring (bicyclic) bond motifs is 1. The van der Waals surface area contributed by atoms with E-state index < -0.39 is 0 Å². The smallest absolute Gasteiger partial charge is 0.123 e. The van der Waals surface area contributed by atoms with E-state index in [0.29, 0.717) is 12.4 Å². The predicted octanol–water partition coefficient (Wildman–Crippen LogP) is 4.43. The highest BCUT2D eigenvalue weighted by molar-refractivity contribution is 5.85. The standard InChI is InChI=1S/C18H16O2/c1-13-9-16(19)11-17(10-13)20-12-15-7-4-6-14-5-2-3-8-18(14)15/h2-11,19H,12H2,1H3. The van der Waals surface area contributed by atoms with Crippen LogP contribution in [0.25, 0.3) is 10.8 Å². The van der Waals surface area contributed by atoms with Gasteiger partial charge in [-0.1, -0.05) is 42.5 Å². The fraction of sp³-hybridized carbons (Fsp3) is 0.111. The van der Waals surface area contributed by atoms with Crippen LogP contribution in [-0.4, -0.2) is 5.11 Å². The minimum Gasteiger partial charge on any atom is -0.508 e. The van der Waals surface area contributed by atoms with Crippen LogP contribution in [0.2, 0.25) is 0 Å². The van der Waals surface area contributed by atoms with Gasteiger partial charge in [0, 0.05) is 6.07 Å². The highest BCUT2D eigenvalue weighted by atomic mass is 16.5. The number of aromatic hydroxyl groups is 1. The second-order valence-corrected chi connectivity index (χ2v) is 4.93. The molecule has 0 aromatic heterocycles. The van der Waals surface area contributed by atoms with E-state index >= 15 is 0 Å². The van der Waals surface area contributed by atoms with Gasteiger partial charge in [0.15, 0.2) is 0 Å². The lowest BCUT2D eigenvalue weighted by molar-refractivity contribution is 0.305. The number of hydrogen-bond acceptors (Lipinski definition) is 2. The van der Waals surface area contributed by atoms with Gasteiger partial charge in [0.05, 0.1) is 0 Å². The summed E-state index contributed by atoms with van der Waals surface area (Å²) in [6.45, 7) is 2.43. The highest BCUT2D eigenvalue weighted by Gasteiger charge is 2.03. The Morgan fingerprint density at radius 3 is 2.60 bits per heavy atom. The fourth-order valence-corrected chi connectivity index (χ4v) is 2.39. The Kier molecular flexibility index (Phi) is 3.30. The minimum absolute atomic E-state index is 0.234. The molecule has 0 heterocycles. The van der Waals surface area contributed by atoms with Crippen molar-refractivity contribution in [2.45, 2.75) is 13.5 Å². The Morgan fingerprint density at radius 1 is 0.950 bits per heavy atom. The Balaban J connectivity index is 1.87. The summed E-state index contributed by atoms with van der Waals surface area (Å²) in [5.41, 5.74) is 2.13. The zero-order chi connectivity index (χ0) is 13.9. The summed E-state index contributed by atoms with van der Waals surface area (Å²) in [6, 6.07) is 19.7. The molecular weight excluding hydrogens is 248 g/mol. The first-order valence-electron chi connectivity index (χ1n) is 6.62. The summed E-state index contributed by atoms with van der Waals surface area (Å²) < 4.78 is 5.80. The average molecular weight is 264 g/mol. The third kappa shape index (κ3) is 2.59. The van der Waals surface area contributed by atoms with Crippen molar-refractivity contribution >= 4 is 10.8 Å². The molecule has 0 fully saturated rings. The molecule has 1 N–H and O–H groups in total. The Bertz CT molecular complexity index is 722. The summed E-state index contributed by atoms with van der Waals surface area (Å²) in [5, 5.41) is 12.0. The van der Waals surface area contributed by atoms with Crippen LogP contribution in [0.1, 0.15) is 11.1 Å². The van der Waals surface area contributed by atoms with E-state index in [0.717, 1.165) is 11.1 Å². The van der Waals surface area contributed by atoms with E-state index in [-0.39, 0.29) is 5.75 Å². The van der Waals surface area contributed by atoms with E-state index in [1.54, 1.807) is 12.1 Å². The molecule has 3 aromatic rings. The first kappa shape index (κ1) is 12.5. The lowest BCUT2D eigenvalue weighted by Crippen LogP contribution is -1.96. The molecule has 100 valence electrons. The van der Waals surface area contributed by atoms with E-state index in [1.807, 2.05) is 31.2 Å². The zero-order valence-corrected chi connectivity index (χ0v) is 11.3. The van der Waals surface area contributed by atoms with Gasteiger partial charge < -0.3 is 9.84 Å². The number of aryl methyl sites for hydroxylation is 1. The van der Waals surface area contributed by atoms with Crippen LogP contribution in [0.15, 0.2) is 60.7 Å². The molecule has 3 aromatic carbocycles. The van der Waals surface area contributed by atoms with Gasteiger partial charge in [-0.2, -0.15) is 0 Å². The maximum absolute atomic E-state index is 9.58. The van der Waals surface area contributed by atoms with Gasteiger partial charge in [0.25, 0.3) is 0 Å². The normalized spacial score (nSPS) is 10.7. The van der Waals surface area contributed by atoms with Gasteiger partial charge in [0.2, 0.25) is 0 Å². The number of hydrogen-bond donors (Lipinski definition) is 1. The first-order valence-corrected chi connectivity index (χ1v) is 6.62. The number of phenols is 1. The van der Waals surface area contributed by atoms with E-state index in [2.05, 4.69) is 24.3 Å². The van der Waals surface area contributed by atoms with E-state index in [1.165, 1.54) is 10.8 Å². The molecule has 0 radical (unpaired) electrons. The number of phenolic OH excluding ortho intramolecular Hbond substituents is 1. The summed E-state index contributed by atoms with van der Waals surface area (Å²) in [7, 11) is 0. The molecule has 20 heavy (non-hydrogen) atoms. The molecule has 0 spiro atoms. The monoisotopic (exact) mass is 264 g/mol. The number of ether oxygens (including phenoxy) is 1. The van der Waals surface area contributed by atoms with Crippen molar-refractivity contribution in [2.75, 3.05) is 0 Å². The number of benzene rings is 3. The largest absolute Gasteiger partial charge is 0.508 e. The second kappa shape index (κ2) is 5.25. The zero-order valence-electron chi connectivity index (χ0n) is 11.3. The van der Waals surface area contributed by atoms with Gasteiger partial charge in [-0.15, -0.1) is 0 Å². The molecule has 0 atom stereocenters. The van der Waals surface area contributed by atoms with Crippen molar-refractivity contribution in [3.63, 3.8) is 0 Å². The minimum atomic E-state index is 0.234. The fourth-order valence-electron chi connectivity index (χ4n) is 2.39. The maximum Gasteiger partial charge on any atom is 0.123 e. The van der Waals surface area contributed by atoms with Crippen molar-refractivity contribution in [1.29, 1.82) is 0 Å². The first-order chi connectivity index (χ1) is 9.72. The van der Waals surface area contributed by atoms with Gasteiger partial charge in [-0.3, -0.25) is 0 Å². The topological polar surface area (TPSA) is 29.5 Å². The summed E-state index contributed by atoms with van der Waals surface area (Å²) >= 11 is 0. The molecule has 0 amide bonds. The summed E-state index contributed by atoms with van der Waals surface area (Å²) in [4.78, 5) is 0. The van der Waals surface area contributed by atoms with Crippen LogP contribution in [0.5, 0.6) is 11.5 Å². The molecule has 0 bridgehead atoms. The summed E-state index contributed by atoms with van der Waals surface area (Å²) in [6.07, 6.45) is 0. The van der Waals surface area contributed by atoms with Crippen molar-refractivity contribution in [1.82, 2.24) is 0 Å². The molecule has 0 saturated carbocycles. The van der Waals surface area contributed by atoms with Crippen LogP contribution in [0, 0.1) is 6.92 Å². The van der Waals surface area contributed by atoms with Gasteiger partial charge in [-0.05, 0) is 41.0 Å². The molecule has 0 aliphatic rings. The number of rotatable bonds is 3. The molecule has 2 nitrogen and oxygen atoms in total. The quantitative estimate of drug-likeness (QED) is 0.758. The Hall–Kier alpha value is -2.48. The van der Waals surface area contributed by atoms with E-state index in [9.17, 15) is 5.11 Å². The van der Waals surface area contributed by atoms with Gasteiger partial charge >= 0.3 is 0 Å². The van der Waals surface area contributed by atoms with Crippen LogP contribution in [0.4, 0.5) is 0 Å². The molecule has 0 unspecified atom stereocenters. The molecule has 2 heteroatoms. The molecule has 0 aliphatic carbocycles. The van der Waals surface area contributed by atoms with Gasteiger partial charge in [-0.25, -0.2) is 0 Å². The molecule has 0 aliphatic heterocycles. The van der Waals surface area contributed by atoms with E-state index in [4.69, 9.17) is 4.74 Å². The second-order valence-electron chi connectivity index (χ2n) is 4.93. The van der Waals surface area contributed by atoms with Crippen molar-refractivity contribution in [3.05, 3.63) is 71.8 Å². The summed E-state index contributed by atoms with van der Waals surface area (Å²) in [5.74, 6) is 0.924. The molecule has 0 saturated heterocycles. The predicted molar refractivity (Wildman–Crippen MR) is 81.1 cm³/mol. The Labute approximate surface area is 118 Å². The maximum atomic E-state index is 9.58. The van der Waals surface area contributed by atoms with Gasteiger partial charge in [0.1, 0.15) is 18.1 Å². The van der Waals surface area contributed by atoms with Crippen molar-refractivity contribution in [3.8, 4) is 11.5 Å². The van der Waals surface area contributed by atoms with Crippen molar-refractivity contribution < 1.29 is 9.84 Å². The third-order valence-corrected chi connectivity index (χ3v) is 3.31. The SMILES string of the molecule is Cc1cc(O)cc(OCc2cccc3ccccc23)c1. The van der Waals surface area contributed by atoms with Crippen LogP contribution in [-0.2, 0) is 6.61 Å². The van der Waals surface area contributed by atoms with Crippen LogP contribution in [0.3, 0.4) is 0 Å². The molecular formula is C18H16O2. The van der Waals surface area contributed by atoms with Crippen LogP contribution < -0.4 is 4.74 Å². The lowest BCUT2D eigenvalue weighted by Gasteiger charge is -2.10. The molecule has 3 rings (SSSR count). The lowest BCUT2D eigenvalue weighted by atomic mass is 10.1.